The van der Waals surface area contributed by atoms with E-state index in [9.17, 15) is 26.7 Å². The predicted octanol–water partition coefficient (Wildman–Crippen LogP) is 3.67. The number of halogens is 5. The van der Waals surface area contributed by atoms with E-state index in [4.69, 9.17) is 0 Å². The first-order valence-electron chi connectivity index (χ1n) is 8.23. The van der Waals surface area contributed by atoms with Gasteiger partial charge in [-0.05, 0) is 24.9 Å². The molecule has 0 radical (unpaired) electrons. The molecule has 1 aliphatic carbocycles. The highest BCUT2D eigenvalue weighted by Gasteiger charge is 2.55. The Kier molecular flexibility index (Phi) is 4.74. The van der Waals surface area contributed by atoms with Crippen molar-refractivity contribution in [3.05, 3.63) is 35.9 Å². The molecule has 1 amide bonds. The number of benzene rings is 1. The Hall–Kier alpha value is -1.70. The highest BCUT2D eigenvalue weighted by atomic mass is 19.4. The molecule has 0 spiro atoms. The van der Waals surface area contributed by atoms with Crippen molar-refractivity contribution in [1.82, 2.24) is 10.2 Å². The van der Waals surface area contributed by atoms with Crippen molar-refractivity contribution in [2.24, 2.45) is 0 Å². The molecule has 2 fully saturated rings. The number of amides is 1. The molecule has 1 heterocycles. The molecule has 0 bridgehead atoms. The largest absolute Gasteiger partial charge is 0.471 e. The van der Waals surface area contributed by atoms with Crippen LogP contribution in [0.15, 0.2) is 30.3 Å². The van der Waals surface area contributed by atoms with E-state index in [2.05, 4.69) is 5.32 Å². The lowest BCUT2D eigenvalue weighted by Crippen LogP contribution is -2.61. The Bertz CT molecular complexity index is 611. The number of hydrogen-bond donors (Lipinski definition) is 1. The van der Waals surface area contributed by atoms with Crippen LogP contribution in [0.1, 0.15) is 37.3 Å². The molecule has 1 saturated heterocycles. The van der Waals surface area contributed by atoms with Crippen molar-refractivity contribution in [3.63, 3.8) is 0 Å². The first kappa shape index (κ1) is 18.1. The minimum absolute atomic E-state index is 0.205. The van der Waals surface area contributed by atoms with Gasteiger partial charge in [-0.2, -0.15) is 13.2 Å². The van der Waals surface area contributed by atoms with Crippen LogP contribution >= 0.6 is 0 Å². The molecule has 25 heavy (non-hydrogen) atoms. The highest BCUT2D eigenvalue weighted by molar-refractivity contribution is 5.82. The summed E-state index contributed by atoms with van der Waals surface area (Å²) >= 11 is 0. The van der Waals surface area contributed by atoms with Gasteiger partial charge in [0.1, 0.15) is 0 Å². The summed E-state index contributed by atoms with van der Waals surface area (Å²) in [7, 11) is 0. The molecule has 138 valence electrons. The van der Waals surface area contributed by atoms with Gasteiger partial charge in [0.25, 0.3) is 5.92 Å². The Morgan fingerprint density at radius 3 is 2.32 bits per heavy atom. The molecule has 1 aliphatic heterocycles. The fraction of sp³-hybridized carbons (Fsp3) is 0.588. The zero-order chi connectivity index (χ0) is 18.2. The molecule has 3 nitrogen and oxygen atoms in total. The quantitative estimate of drug-likeness (QED) is 0.833. The molecular formula is C17H19F5N2O. The van der Waals surface area contributed by atoms with Crippen LogP contribution < -0.4 is 5.32 Å². The topological polar surface area (TPSA) is 32.3 Å². The maximum atomic E-state index is 13.2. The van der Waals surface area contributed by atoms with Gasteiger partial charge < -0.3 is 10.2 Å². The van der Waals surface area contributed by atoms with E-state index in [0.717, 1.165) is 5.56 Å². The average molecular weight is 362 g/mol. The van der Waals surface area contributed by atoms with Gasteiger partial charge in [0.2, 0.25) is 0 Å². The second kappa shape index (κ2) is 6.55. The molecule has 1 N–H and O–H groups in total. The van der Waals surface area contributed by atoms with E-state index in [-0.39, 0.29) is 12.5 Å². The zero-order valence-electron chi connectivity index (χ0n) is 13.4. The van der Waals surface area contributed by atoms with Crippen LogP contribution in [0.5, 0.6) is 0 Å². The Morgan fingerprint density at radius 1 is 1.12 bits per heavy atom. The van der Waals surface area contributed by atoms with Crippen molar-refractivity contribution in [1.29, 1.82) is 0 Å². The smallest absolute Gasteiger partial charge is 0.328 e. The molecule has 2 atom stereocenters. The molecule has 8 heteroatoms. The molecule has 1 aromatic rings. The first-order valence-corrected chi connectivity index (χ1v) is 8.23. The third-order valence-corrected chi connectivity index (χ3v) is 4.91. The highest BCUT2D eigenvalue weighted by Crippen LogP contribution is 2.43. The van der Waals surface area contributed by atoms with Gasteiger partial charge in [0.05, 0.1) is 0 Å². The summed E-state index contributed by atoms with van der Waals surface area (Å²) in [6.07, 6.45) is -5.87. The molecule has 3 rings (SSSR count). The van der Waals surface area contributed by atoms with Crippen LogP contribution in [0.4, 0.5) is 22.0 Å². The van der Waals surface area contributed by atoms with E-state index in [1.165, 1.54) is 0 Å². The van der Waals surface area contributed by atoms with Crippen LogP contribution in [0, 0.1) is 0 Å². The third kappa shape index (κ3) is 3.94. The molecule has 2 aliphatic rings. The molecular weight excluding hydrogens is 343 g/mol. The van der Waals surface area contributed by atoms with Crippen molar-refractivity contribution >= 4 is 5.91 Å². The van der Waals surface area contributed by atoms with Gasteiger partial charge in [-0.25, -0.2) is 8.78 Å². The van der Waals surface area contributed by atoms with Crippen LogP contribution in [0.2, 0.25) is 0 Å². The van der Waals surface area contributed by atoms with Gasteiger partial charge in [-0.3, -0.25) is 4.79 Å². The summed E-state index contributed by atoms with van der Waals surface area (Å²) in [5.74, 6) is -4.99. The number of piperidine rings is 1. The van der Waals surface area contributed by atoms with E-state index in [1.807, 2.05) is 30.3 Å². The lowest BCUT2D eigenvalue weighted by molar-refractivity contribution is -0.203. The minimum Gasteiger partial charge on any atom is -0.328 e. The minimum atomic E-state index is -5.06. The molecule has 0 aromatic heterocycles. The second-order valence-corrected chi connectivity index (χ2v) is 6.72. The number of alkyl halides is 5. The average Bonchev–Trinajstić information content (AvgIpc) is 2.53. The Balaban J connectivity index is 1.79. The number of hydrogen-bond acceptors (Lipinski definition) is 2. The molecule has 1 saturated carbocycles. The van der Waals surface area contributed by atoms with Gasteiger partial charge in [0.15, 0.2) is 0 Å². The van der Waals surface area contributed by atoms with E-state index in [0.29, 0.717) is 17.9 Å². The SMILES string of the molecule is O=C(N(C1CCNC(c2ccccc2)C1)C1CC(F)(F)C1)C(F)(F)F. The Morgan fingerprint density at radius 2 is 1.76 bits per heavy atom. The number of carbonyl (C=O) groups is 1. The number of nitrogens with zero attached hydrogens (tertiary/aromatic N) is 1. The van der Waals surface area contributed by atoms with Gasteiger partial charge in [-0.1, -0.05) is 30.3 Å². The van der Waals surface area contributed by atoms with Crippen LogP contribution in [0.25, 0.3) is 0 Å². The number of carbonyl (C=O) groups excluding carboxylic acids is 1. The summed E-state index contributed by atoms with van der Waals surface area (Å²) < 4.78 is 65.4. The van der Waals surface area contributed by atoms with E-state index < -0.39 is 42.9 Å². The number of nitrogens with one attached hydrogen (secondary N) is 1. The standard InChI is InChI=1S/C17H19F5N2O/c18-16(19)9-13(10-16)24(15(25)17(20,21)22)12-6-7-23-14(8-12)11-4-2-1-3-5-11/h1-5,12-14,23H,6-10H2. The van der Waals surface area contributed by atoms with Crippen LogP contribution in [0.3, 0.4) is 0 Å². The van der Waals surface area contributed by atoms with E-state index in [1.54, 1.807) is 0 Å². The summed E-state index contributed by atoms with van der Waals surface area (Å²) in [4.78, 5) is 12.6. The van der Waals surface area contributed by atoms with Crippen molar-refractivity contribution in [3.8, 4) is 0 Å². The molecule has 2 unspecified atom stereocenters. The summed E-state index contributed by atoms with van der Waals surface area (Å²) in [5, 5.41) is 3.22. The number of rotatable bonds is 3. The van der Waals surface area contributed by atoms with Gasteiger partial charge >= 0.3 is 12.1 Å². The van der Waals surface area contributed by atoms with Crippen molar-refractivity contribution in [2.45, 2.75) is 55.9 Å². The maximum Gasteiger partial charge on any atom is 0.471 e. The van der Waals surface area contributed by atoms with Crippen LogP contribution in [-0.2, 0) is 4.79 Å². The lowest BCUT2D eigenvalue weighted by Gasteiger charge is -2.48. The predicted molar refractivity (Wildman–Crippen MR) is 81.1 cm³/mol. The van der Waals surface area contributed by atoms with E-state index >= 15 is 0 Å². The van der Waals surface area contributed by atoms with Crippen molar-refractivity contribution in [2.75, 3.05) is 6.54 Å². The third-order valence-electron chi connectivity index (χ3n) is 4.91. The Labute approximate surface area is 142 Å². The fourth-order valence-corrected chi connectivity index (χ4v) is 3.69. The maximum absolute atomic E-state index is 13.2. The van der Waals surface area contributed by atoms with Crippen LogP contribution in [-0.4, -0.2) is 41.5 Å². The first-order chi connectivity index (χ1) is 11.7. The molecule has 1 aromatic carbocycles. The summed E-state index contributed by atoms with van der Waals surface area (Å²) in [5.41, 5.74) is 0.908. The second-order valence-electron chi connectivity index (χ2n) is 6.72. The fourth-order valence-electron chi connectivity index (χ4n) is 3.69. The lowest BCUT2D eigenvalue weighted by atomic mass is 9.83. The van der Waals surface area contributed by atoms with Gasteiger partial charge in [-0.15, -0.1) is 0 Å². The van der Waals surface area contributed by atoms with Crippen molar-refractivity contribution < 1.29 is 26.7 Å². The normalized spacial score (nSPS) is 26.8. The monoisotopic (exact) mass is 362 g/mol. The summed E-state index contributed by atoms with van der Waals surface area (Å²) in [6, 6.07) is 7.23. The van der Waals surface area contributed by atoms with Gasteiger partial charge in [0, 0.05) is 31.0 Å². The summed E-state index contributed by atoms with van der Waals surface area (Å²) in [6.45, 7) is 0.426. The zero-order valence-corrected chi connectivity index (χ0v) is 13.4.